The van der Waals surface area contributed by atoms with E-state index in [0.29, 0.717) is 18.0 Å². The van der Waals surface area contributed by atoms with Crippen LogP contribution in [0.25, 0.3) is 0 Å². The third kappa shape index (κ3) is 4.91. The van der Waals surface area contributed by atoms with E-state index in [1.165, 1.54) is 5.56 Å². The Morgan fingerprint density at radius 3 is 2.00 bits per heavy atom. The first-order valence-corrected chi connectivity index (χ1v) is 8.29. The third-order valence-corrected chi connectivity index (χ3v) is 4.28. The van der Waals surface area contributed by atoms with Gasteiger partial charge in [0, 0.05) is 24.7 Å². The van der Waals surface area contributed by atoms with Gasteiger partial charge in [0.25, 0.3) is 0 Å². The number of nitrogens with zero attached hydrogens (tertiary/aromatic N) is 1. The highest BCUT2D eigenvalue weighted by molar-refractivity contribution is 5.92. The molecule has 1 unspecified atom stereocenters. The van der Waals surface area contributed by atoms with Crippen LogP contribution in [0, 0.1) is 5.92 Å². The summed E-state index contributed by atoms with van der Waals surface area (Å²) in [5.41, 5.74) is 8.11. The number of aliphatic hydroxyl groups is 1. The average Bonchev–Trinajstić information content (AvgIpc) is 2.56. The maximum Gasteiger partial charge on any atom is 0.248 e. The molecule has 1 amide bonds. The van der Waals surface area contributed by atoms with Crippen LogP contribution in [0.5, 0.6) is 0 Å². The first-order valence-electron chi connectivity index (χ1n) is 8.29. The van der Waals surface area contributed by atoms with Crippen LogP contribution in [0.1, 0.15) is 35.3 Å². The van der Waals surface area contributed by atoms with E-state index >= 15 is 0 Å². The lowest BCUT2D eigenvalue weighted by molar-refractivity contribution is 0.0784. The largest absolute Gasteiger partial charge is 0.395 e. The second-order valence-corrected chi connectivity index (χ2v) is 6.45. The molecular formula is C20H26N2O2. The molecule has 2 aromatic carbocycles. The molecule has 1 atom stereocenters. The number of aliphatic hydroxyl groups excluding tert-OH is 1. The zero-order valence-corrected chi connectivity index (χ0v) is 14.4. The summed E-state index contributed by atoms with van der Waals surface area (Å²) in [5.74, 6) is -0.0817. The molecule has 0 aliphatic carbocycles. The van der Waals surface area contributed by atoms with Gasteiger partial charge in [-0.1, -0.05) is 56.3 Å². The maximum atomic E-state index is 11.2. The van der Waals surface area contributed by atoms with Gasteiger partial charge >= 0.3 is 0 Å². The number of amides is 1. The highest BCUT2D eigenvalue weighted by Gasteiger charge is 2.21. The van der Waals surface area contributed by atoms with Crippen molar-refractivity contribution in [1.82, 2.24) is 4.90 Å². The van der Waals surface area contributed by atoms with Gasteiger partial charge in [-0.2, -0.15) is 0 Å². The fraction of sp³-hybridized carbons (Fsp3) is 0.350. The zero-order chi connectivity index (χ0) is 17.5. The van der Waals surface area contributed by atoms with Crippen molar-refractivity contribution in [2.24, 2.45) is 11.7 Å². The fourth-order valence-corrected chi connectivity index (χ4v) is 2.87. The van der Waals surface area contributed by atoms with Crippen LogP contribution in [0.15, 0.2) is 54.6 Å². The molecule has 3 N–H and O–H groups in total. The first-order chi connectivity index (χ1) is 11.5. The zero-order valence-electron chi connectivity index (χ0n) is 14.4. The van der Waals surface area contributed by atoms with Crippen molar-refractivity contribution < 1.29 is 9.90 Å². The smallest absolute Gasteiger partial charge is 0.248 e. The van der Waals surface area contributed by atoms with Gasteiger partial charge in [-0.15, -0.1) is 0 Å². The van der Waals surface area contributed by atoms with Gasteiger partial charge in [0.1, 0.15) is 0 Å². The van der Waals surface area contributed by atoms with Crippen molar-refractivity contribution in [3.05, 3.63) is 71.3 Å². The summed E-state index contributed by atoms with van der Waals surface area (Å²) in [6.45, 7) is 5.83. The molecule has 4 nitrogen and oxygen atoms in total. The number of hydrogen-bond donors (Lipinski definition) is 2. The summed E-state index contributed by atoms with van der Waals surface area (Å²) in [4.78, 5) is 13.5. The number of hydrogen-bond acceptors (Lipinski definition) is 3. The number of benzene rings is 2. The van der Waals surface area contributed by atoms with E-state index in [1.807, 2.05) is 30.3 Å². The average molecular weight is 326 g/mol. The van der Waals surface area contributed by atoms with E-state index < -0.39 is 5.91 Å². The minimum atomic E-state index is -0.418. The Morgan fingerprint density at radius 1 is 1.00 bits per heavy atom. The summed E-state index contributed by atoms with van der Waals surface area (Å²) in [7, 11) is 0. The molecule has 0 aliphatic rings. The highest BCUT2D eigenvalue weighted by atomic mass is 16.3. The van der Waals surface area contributed by atoms with Gasteiger partial charge in [-0.25, -0.2) is 0 Å². The summed E-state index contributed by atoms with van der Waals surface area (Å²) < 4.78 is 0. The standard InChI is InChI=1S/C20H26N2O2/c1-15(2)19(14-23)22(12-16-6-4-3-5-7-16)13-17-8-10-18(11-9-17)20(21)24/h3-11,15,19,23H,12-14H2,1-2H3,(H2,21,24). The molecule has 0 saturated heterocycles. The summed E-state index contributed by atoms with van der Waals surface area (Å²) in [6, 6.07) is 17.7. The SMILES string of the molecule is CC(C)C(CO)N(Cc1ccccc1)Cc1ccc(C(N)=O)cc1. The Balaban J connectivity index is 2.19. The van der Waals surface area contributed by atoms with Gasteiger partial charge in [0.15, 0.2) is 0 Å². The van der Waals surface area contributed by atoms with Crippen molar-refractivity contribution in [3.63, 3.8) is 0 Å². The van der Waals surface area contributed by atoms with Crippen molar-refractivity contribution in [3.8, 4) is 0 Å². The molecule has 0 fully saturated rings. The minimum Gasteiger partial charge on any atom is -0.395 e. The van der Waals surface area contributed by atoms with Crippen molar-refractivity contribution in [1.29, 1.82) is 0 Å². The van der Waals surface area contributed by atoms with Crippen LogP contribution in [-0.4, -0.2) is 28.6 Å². The Labute approximate surface area is 143 Å². The lowest BCUT2D eigenvalue weighted by atomic mass is 10.0. The molecule has 0 aliphatic heterocycles. The quantitative estimate of drug-likeness (QED) is 0.784. The number of rotatable bonds is 8. The number of nitrogens with two attached hydrogens (primary N) is 1. The van der Waals surface area contributed by atoms with E-state index in [4.69, 9.17) is 5.73 Å². The fourth-order valence-electron chi connectivity index (χ4n) is 2.87. The van der Waals surface area contributed by atoms with Gasteiger partial charge < -0.3 is 10.8 Å². The van der Waals surface area contributed by atoms with Gasteiger partial charge in [-0.3, -0.25) is 9.69 Å². The second-order valence-electron chi connectivity index (χ2n) is 6.45. The predicted molar refractivity (Wildman–Crippen MR) is 96.4 cm³/mol. The Hall–Kier alpha value is -2.17. The van der Waals surface area contributed by atoms with Crippen LogP contribution in [0.2, 0.25) is 0 Å². The minimum absolute atomic E-state index is 0.0704. The molecule has 0 saturated carbocycles. The molecule has 2 aromatic rings. The molecule has 4 heteroatoms. The molecule has 0 heterocycles. The normalized spacial score (nSPS) is 12.5. The first kappa shape index (κ1) is 18.2. The predicted octanol–water partition coefficient (Wildman–Crippen LogP) is 2.80. The highest BCUT2D eigenvalue weighted by Crippen LogP contribution is 2.18. The van der Waals surface area contributed by atoms with E-state index in [0.717, 1.165) is 12.1 Å². The number of primary amides is 1. The van der Waals surface area contributed by atoms with Crippen molar-refractivity contribution in [2.75, 3.05) is 6.61 Å². The number of carbonyl (C=O) groups is 1. The molecule has 2 rings (SSSR count). The van der Waals surface area contributed by atoms with Gasteiger partial charge in [0.2, 0.25) is 5.91 Å². The van der Waals surface area contributed by atoms with E-state index in [2.05, 4.69) is 30.9 Å². The Morgan fingerprint density at radius 2 is 1.54 bits per heavy atom. The van der Waals surface area contributed by atoms with E-state index in [9.17, 15) is 9.90 Å². The van der Waals surface area contributed by atoms with E-state index in [1.54, 1.807) is 12.1 Å². The Kier molecular flexibility index (Phi) is 6.53. The topological polar surface area (TPSA) is 66.6 Å². The lowest BCUT2D eigenvalue weighted by Gasteiger charge is -2.33. The van der Waals surface area contributed by atoms with Crippen molar-refractivity contribution in [2.45, 2.75) is 33.0 Å². The third-order valence-electron chi connectivity index (χ3n) is 4.28. The summed E-state index contributed by atoms with van der Waals surface area (Å²) >= 11 is 0. The van der Waals surface area contributed by atoms with Crippen LogP contribution >= 0.6 is 0 Å². The van der Waals surface area contributed by atoms with Crippen LogP contribution in [0.4, 0.5) is 0 Å². The molecule has 0 aromatic heterocycles. The monoisotopic (exact) mass is 326 g/mol. The second kappa shape index (κ2) is 8.62. The lowest BCUT2D eigenvalue weighted by Crippen LogP contribution is -2.40. The van der Waals surface area contributed by atoms with E-state index in [-0.39, 0.29) is 12.6 Å². The molecule has 0 bridgehead atoms. The van der Waals surface area contributed by atoms with Gasteiger partial charge in [-0.05, 0) is 29.2 Å². The van der Waals surface area contributed by atoms with Crippen LogP contribution in [0.3, 0.4) is 0 Å². The summed E-state index contributed by atoms with van der Waals surface area (Å²) in [5, 5.41) is 9.84. The number of carbonyl (C=O) groups excluding carboxylic acids is 1. The Bertz CT molecular complexity index is 638. The molecule has 128 valence electrons. The van der Waals surface area contributed by atoms with Crippen molar-refractivity contribution >= 4 is 5.91 Å². The molecule has 0 spiro atoms. The van der Waals surface area contributed by atoms with Crippen LogP contribution < -0.4 is 5.73 Å². The van der Waals surface area contributed by atoms with Crippen LogP contribution in [-0.2, 0) is 13.1 Å². The molecule has 24 heavy (non-hydrogen) atoms. The molecule has 0 radical (unpaired) electrons. The van der Waals surface area contributed by atoms with Gasteiger partial charge in [0.05, 0.1) is 6.61 Å². The summed E-state index contributed by atoms with van der Waals surface area (Å²) in [6.07, 6.45) is 0. The molecular weight excluding hydrogens is 300 g/mol. The maximum absolute atomic E-state index is 11.2.